The molecule has 41 heavy (non-hydrogen) atoms. The van der Waals surface area contributed by atoms with Gasteiger partial charge in [0.15, 0.2) is 0 Å². The van der Waals surface area contributed by atoms with Crippen LogP contribution in [0.25, 0.3) is 0 Å². The zero-order valence-electron chi connectivity index (χ0n) is 23.0. The standard InChI is InChI=1S/C28H32Cl2N4O6S/c1-28(2,3)40-27(36)34-20(11-12-23(34)26(35)33-14-6-7-19(33)16-31)17-39-24-13-10-18(15-22(24)30)32-41(37,38)25-9-5-4-8-21(25)29/h4-5,8-10,13,15,19-20,23,32H,6-7,11-12,14,17H2,1-3H3/t19-,20-,23+/m0/s1. The van der Waals surface area contributed by atoms with Crippen molar-refractivity contribution in [3.63, 3.8) is 0 Å². The lowest BCUT2D eigenvalue weighted by Gasteiger charge is -2.34. The molecule has 0 spiro atoms. The molecule has 2 aromatic rings. The van der Waals surface area contributed by atoms with Crippen LogP contribution in [0.15, 0.2) is 47.4 Å². The average Bonchev–Trinajstić information content (AvgIpc) is 3.54. The Balaban J connectivity index is 1.48. The molecule has 2 aliphatic heterocycles. The van der Waals surface area contributed by atoms with E-state index in [-0.39, 0.29) is 38.9 Å². The first kappa shape index (κ1) is 30.8. The van der Waals surface area contributed by atoms with Crippen LogP contribution in [-0.4, -0.2) is 67.1 Å². The summed E-state index contributed by atoms with van der Waals surface area (Å²) in [5.41, 5.74) is -0.570. The zero-order chi connectivity index (χ0) is 29.9. The Morgan fingerprint density at radius 3 is 2.49 bits per heavy atom. The van der Waals surface area contributed by atoms with Gasteiger partial charge in [0, 0.05) is 6.54 Å². The van der Waals surface area contributed by atoms with Crippen molar-refractivity contribution in [2.75, 3.05) is 17.9 Å². The molecule has 2 heterocycles. The van der Waals surface area contributed by atoms with E-state index < -0.39 is 39.8 Å². The topological polar surface area (TPSA) is 129 Å². The number of amides is 2. The average molecular weight is 624 g/mol. The summed E-state index contributed by atoms with van der Waals surface area (Å²) in [4.78, 5) is 29.6. The summed E-state index contributed by atoms with van der Waals surface area (Å²) in [6.45, 7) is 5.73. The van der Waals surface area contributed by atoms with Crippen molar-refractivity contribution in [1.29, 1.82) is 5.26 Å². The van der Waals surface area contributed by atoms with Gasteiger partial charge in [-0.05, 0) is 76.8 Å². The molecule has 0 aliphatic carbocycles. The number of hydrogen-bond donors (Lipinski definition) is 1. The van der Waals surface area contributed by atoms with Gasteiger partial charge in [-0.25, -0.2) is 13.2 Å². The van der Waals surface area contributed by atoms with Crippen LogP contribution in [0.2, 0.25) is 10.0 Å². The van der Waals surface area contributed by atoms with Crippen LogP contribution in [-0.2, 0) is 19.6 Å². The second-order valence-electron chi connectivity index (χ2n) is 10.9. The number of nitriles is 1. The van der Waals surface area contributed by atoms with Crippen LogP contribution < -0.4 is 9.46 Å². The van der Waals surface area contributed by atoms with E-state index in [4.69, 9.17) is 32.7 Å². The number of nitrogens with one attached hydrogen (secondary N) is 1. The van der Waals surface area contributed by atoms with Crippen LogP contribution in [0.5, 0.6) is 5.75 Å². The van der Waals surface area contributed by atoms with E-state index in [0.29, 0.717) is 25.8 Å². The number of nitrogens with zero attached hydrogens (tertiary/aromatic N) is 3. The van der Waals surface area contributed by atoms with Gasteiger partial charge in [-0.15, -0.1) is 0 Å². The lowest BCUT2D eigenvalue weighted by molar-refractivity contribution is -0.136. The van der Waals surface area contributed by atoms with Gasteiger partial charge in [0.05, 0.1) is 27.8 Å². The summed E-state index contributed by atoms with van der Waals surface area (Å²) in [6.07, 6.45) is 1.59. The minimum absolute atomic E-state index is 0.0229. The fourth-order valence-corrected chi connectivity index (χ4v) is 6.78. The molecule has 2 fully saturated rings. The molecule has 1 N–H and O–H groups in total. The van der Waals surface area contributed by atoms with E-state index in [9.17, 15) is 23.3 Å². The molecule has 3 atom stereocenters. The molecule has 2 aliphatic rings. The fraction of sp³-hybridized carbons (Fsp3) is 0.464. The van der Waals surface area contributed by atoms with E-state index in [2.05, 4.69) is 10.8 Å². The highest BCUT2D eigenvalue weighted by Crippen LogP contribution is 2.33. The van der Waals surface area contributed by atoms with Crippen LogP contribution in [0, 0.1) is 11.3 Å². The fourth-order valence-electron chi connectivity index (χ4n) is 4.98. The highest BCUT2D eigenvalue weighted by Gasteiger charge is 2.46. The molecule has 0 saturated carbocycles. The molecule has 2 aromatic carbocycles. The third-order valence-electron chi connectivity index (χ3n) is 6.82. The number of anilines is 1. The molecule has 0 unspecified atom stereocenters. The summed E-state index contributed by atoms with van der Waals surface area (Å²) in [5.74, 6) is 0.00552. The summed E-state index contributed by atoms with van der Waals surface area (Å²) in [5, 5.41) is 9.70. The van der Waals surface area contributed by atoms with Gasteiger partial charge in [-0.3, -0.25) is 14.4 Å². The van der Waals surface area contributed by atoms with Gasteiger partial charge in [0.1, 0.15) is 34.9 Å². The van der Waals surface area contributed by atoms with Gasteiger partial charge < -0.3 is 14.4 Å². The maximum Gasteiger partial charge on any atom is 0.411 e. The Labute approximate surface area is 250 Å². The van der Waals surface area contributed by atoms with Crippen LogP contribution in [0.3, 0.4) is 0 Å². The predicted molar refractivity (Wildman–Crippen MR) is 154 cm³/mol. The lowest BCUT2D eigenvalue weighted by atomic mass is 10.1. The Morgan fingerprint density at radius 2 is 1.83 bits per heavy atom. The Kier molecular flexibility index (Phi) is 9.26. The molecule has 4 rings (SSSR count). The van der Waals surface area contributed by atoms with Crippen LogP contribution in [0.4, 0.5) is 10.5 Å². The summed E-state index contributed by atoms with van der Waals surface area (Å²) in [6, 6.07) is 10.9. The molecule has 0 aromatic heterocycles. The Morgan fingerprint density at radius 1 is 1.10 bits per heavy atom. The minimum Gasteiger partial charge on any atom is -0.490 e. The van der Waals surface area contributed by atoms with Crippen molar-refractivity contribution < 1.29 is 27.5 Å². The smallest absolute Gasteiger partial charge is 0.411 e. The first-order valence-electron chi connectivity index (χ1n) is 13.2. The monoisotopic (exact) mass is 622 g/mol. The van der Waals surface area contributed by atoms with E-state index >= 15 is 0 Å². The zero-order valence-corrected chi connectivity index (χ0v) is 25.3. The van der Waals surface area contributed by atoms with Crippen molar-refractivity contribution >= 4 is 50.9 Å². The van der Waals surface area contributed by atoms with Crippen molar-refractivity contribution in [3.05, 3.63) is 52.5 Å². The highest BCUT2D eigenvalue weighted by atomic mass is 35.5. The molecule has 13 heteroatoms. The van der Waals surface area contributed by atoms with Crippen molar-refractivity contribution in [2.24, 2.45) is 0 Å². The van der Waals surface area contributed by atoms with Crippen molar-refractivity contribution in [2.45, 2.75) is 75.1 Å². The normalized spacial score (nSPS) is 20.9. The molecular weight excluding hydrogens is 591 g/mol. The number of rotatable bonds is 7. The number of halogens is 2. The number of ether oxygens (including phenoxy) is 2. The third-order valence-corrected chi connectivity index (χ3v) is 8.99. The predicted octanol–water partition coefficient (Wildman–Crippen LogP) is 5.46. The Hall–Kier alpha value is -3.20. The van der Waals surface area contributed by atoms with Crippen LogP contribution >= 0.6 is 23.2 Å². The highest BCUT2D eigenvalue weighted by molar-refractivity contribution is 7.92. The van der Waals surface area contributed by atoms with Gasteiger partial charge in [0.2, 0.25) is 5.91 Å². The number of benzene rings is 2. The van der Waals surface area contributed by atoms with Gasteiger partial charge in [-0.1, -0.05) is 35.3 Å². The van der Waals surface area contributed by atoms with Crippen molar-refractivity contribution in [3.8, 4) is 11.8 Å². The number of carbonyl (C=O) groups excluding carboxylic acids is 2. The summed E-state index contributed by atoms with van der Waals surface area (Å²) in [7, 11) is -3.95. The molecule has 2 amide bonds. The second-order valence-corrected chi connectivity index (χ2v) is 13.4. The SMILES string of the molecule is CC(C)(C)OC(=O)N1[C@H](COc2ccc(NS(=O)(=O)c3ccccc3Cl)cc2Cl)CC[C@@H]1C(=O)N1CCC[C@H]1C#N. The molecule has 10 nitrogen and oxygen atoms in total. The largest absolute Gasteiger partial charge is 0.490 e. The molecule has 2 saturated heterocycles. The Bertz CT molecular complexity index is 1460. The second kappa shape index (κ2) is 12.3. The minimum atomic E-state index is -3.95. The molecular formula is C28H32Cl2N4O6S. The maximum atomic E-state index is 13.4. The first-order chi connectivity index (χ1) is 19.3. The first-order valence-corrected chi connectivity index (χ1v) is 15.5. The van der Waals surface area contributed by atoms with Gasteiger partial charge in [-0.2, -0.15) is 5.26 Å². The van der Waals surface area contributed by atoms with E-state index in [1.165, 1.54) is 35.2 Å². The summed E-state index contributed by atoms with van der Waals surface area (Å²) < 4.78 is 39.6. The van der Waals surface area contributed by atoms with Crippen LogP contribution in [0.1, 0.15) is 46.5 Å². The molecule has 0 radical (unpaired) electrons. The molecule has 220 valence electrons. The van der Waals surface area contributed by atoms with E-state index in [0.717, 1.165) is 6.42 Å². The van der Waals surface area contributed by atoms with Gasteiger partial charge >= 0.3 is 6.09 Å². The summed E-state index contributed by atoms with van der Waals surface area (Å²) >= 11 is 12.5. The van der Waals surface area contributed by atoms with Crippen molar-refractivity contribution in [1.82, 2.24) is 9.80 Å². The third kappa shape index (κ3) is 7.18. The van der Waals surface area contributed by atoms with Gasteiger partial charge in [0.25, 0.3) is 10.0 Å². The number of hydrogen-bond acceptors (Lipinski definition) is 7. The lowest BCUT2D eigenvalue weighted by Crippen LogP contribution is -2.53. The number of sulfonamides is 1. The quantitative estimate of drug-likeness (QED) is 0.434. The van der Waals surface area contributed by atoms with E-state index in [1.54, 1.807) is 37.8 Å². The van der Waals surface area contributed by atoms with E-state index in [1.807, 2.05) is 0 Å². The molecule has 0 bridgehead atoms. The number of carbonyl (C=O) groups is 2. The maximum absolute atomic E-state index is 13.4. The number of likely N-dealkylation sites (tertiary alicyclic amines) is 2.